The molecular weight excluding hydrogens is 308 g/mol. The minimum Gasteiger partial charge on any atom is -0.508 e. The summed E-state index contributed by atoms with van der Waals surface area (Å²) in [5, 5.41) is 20.4. The fourth-order valence-electron chi connectivity index (χ4n) is 2.56. The third kappa shape index (κ3) is 2.88. The molecule has 0 amide bonds. The summed E-state index contributed by atoms with van der Waals surface area (Å²) in [6.45, 7) is 1.22. The molecule has 0 aliphatic heterocycles. The number of hydrogen-bond donors (Lipinski definition) is 2. The van der Waals surface area contributed by atoms with E-state index in [4.69, 9.17) is 11.3 Å². The van der Waals surface area contributed by atoms with Gasteiger partial charge in [0.15, 0.2) is 0 Å². The summed E-state index contributed by atoms with van der Waals surface area (Å²) >= 11 is 0. The number of fused-ring (bicyclic) bond motifs is 1. The number of phenols is 1. The third-order valence-corrected chi connectivity index (χ3v) is 3.61. The molecule has 1 heterocycles. The number of Topliss-reactive ketones (excluding diaryl/α,β-unsaturated/α-hetero) is 1. The first-order valence-electron chi connectivity index (χ1n) is 9.59. The second-order valence-corrected chi connectivity index (χ2v) is 5.33. The topological polar surface area (TPSA) is 87.7 Å². The second-order valence-electron chi connectivity index (χ2n) is 5.33. The lowest BCUT2D eigenvalue weighted by Crippen LogP contribution is -2.16. The Kier molecular flexibility index (Phi) is 2.75. The predicted molar refractivity (Wildman–Crippen MR) is 89.4 cm³/mol. The first kappa shape index (κ1) is 10.6. The van der Waals surface area contributed by atoms with Crippen LogP contribution in [0.15, 0.2) is 57.6 Å². The van der Waals surface area contributed by atoms with Gasteiger partial charge in [-0.1, -0.05) is 30.2 Å². The molecule has 0 fully saturated rings. The Morgan fingerprint density at radius 3 is 2.62 bits per heavy atom. The van der Waals surface area contributed by atoms with E-state index in [2.05, 4.69) is 0 Å². The van der Waals surface area contributed by atoms with Gasteiger partial charge >= 0.3 is 5.63 Å². The van der Waals surface area contributed by atoms with Crippen LogP contribution in [-0.4, -0.2) is 16.0 Å². The van der Waals surface area contributed by atoms with Crippen molar-refractivity contribution >= 4 is 16.8 Å². The molecule has 1 unspecified atom stereocenters. The van der Waals surface area contributed by atoms with Crippen LogP contribution in [0.1, 0.15) is 37.2 Å². The Hall–Kier alpha value is -3.08. The standard InChI is InChI=1S/C19H16O5/c1-11(20)9-15(12-5-3-2-4-6-12)17-18(22)14-8-7-13(21)10-16(14)24-19(17)23/h2-8,10,15,21-22H,9H2,1H3/i2D,3D,4D,5D,6D. The quantitative estimate of drug-likeness (QED) is 0.717. The fraction of sp³-hybridized carbons (Fsp3) is 0.158. The van der Waals surface area contributed by atoms with Gasteiger partial charge in [0.25, 0.3) is 0 Å². The molecule has 3 rings (SSSR count). The second kappa shape index (κ2) is 6.20. The van der Waals surface area contributed by atoms with E-state index in [1.54, 1.807) is 0 Å². The van der Waals surface area contributed by atoms with E-state index in [1.165, 1.54) is 19.1 Å². The summed E-state index contributed by atoms with van der Waals surface area (Å²) in [5.74, 6) is -2.49. The molecule has 0 aliphatic rings. The zero-order chi connectivity index (χ0) is 21.6. The predicted octanol–water partition coefficient (Wildman–Crippen LogP) is 3.32. The molecule has 0 bridgehead atoms. The summed E-state index contributed by atoms with van der Waals surface area (Å²) in [5.41, 5.74) is -1.82. The van der Waals surface area contributed by atoms with E-state index in [1.807, 2.05) is 0 Å². The van der Waals surface area contributed by atoms with Crippen LogP contribution in [-0.2, 0) is 4.79 Å². The van der Waals surface area contributed by atoms with Gasteiger partial charge in [-0.25, -0.2) is 4.79 Å². The molecule has 1 aromatic heterocycles. The highest BCUT2D eigenvalue weighted by atomic mass is 16.4. The van der Waals surface area contributed by atoms with Crippen LogP contribution in [0.3, 0.4) is 0 Å². The van der Waals surface area contributed by atoms with Crippen molar-refractivity contribution < 1.29 is 26.3 Å². The SMILES string of the molecule is [2H]c1c([2H])c([2H])c(C(CC(C)=O)c2c(O)c3ccc(O)cc3oc2=O)c([2H])c1[2H]. The molecule has 24 heavy (non-hydrogen) atoms. The molecule has 0 spiro atoms. The van der Waals surface area contributed by atoms with Crippen molar-refractivity contribution in [2.24, 2.45) is 0 Å². The highest BCUT2D eigenvalue weighted by Crippen LogP contribution is 2.36. The first-order valence-corrected chi connectivity index (χ1v) is 7.09. The molecule has 2 N–H and O–H groups in total. The van der Waals surface area contributed by atoms with Crippen molar-refractivity contribution in [3.8, 4) is 11.5 Å². The highest BCUT2D eigenvalue weighted by Gasteiger charge is 2.25. The van der Waals surface area contributed by atoms with Crippen molar-refractivity contribution in [2.75, 3.05) is 0 Å². The van der Waals surface area contributed by atoms with Crippen molar-refractivity contribution in [3.63, 3.8) is 0 Å². The number of hydrogen-bond acceptors (Lipinski definition) is 5. The molecule has 1 atom stereocenters. The van der Waals surface area contributed by atoms with Gasteiger partial charge < -0.3 is 14.6 Å². The zero-order valence-corrected chi connectivity index (χ0v) is 12.6. The van der Waals surface area contributed by atoms with Gasteiger partial charge in [0.05, 0.1) is 17.8 Å². The number of rotatable bonds is 4. The maximum atomic E-state index is 12.6. The average molecular weight is 329 g/mol. The Balaban J connectivity index is 2.41. The van der Waals surface area contributed by atoms with E-state index in [0.717, 1.165) is 6.07 Å². The van der Waals surface area contributed by atoms with Crippen LogP contribution in [0.2, 0.25) is 0 Å². The van der Waals surface area contributed by atoms with E-state index in [9.17, 15) is 19.8 Å². The maximum Gasteiger partial charge on any atom is 0.343 e. The molecule has 122 valence electrons. The number of phenolic OH excluding ortho intramolecular Hbond substituents is 1. The Morgan fingerprint density at radius 2 is 1.96 bits per heavy atom. The number of ketones is 1. The molecule has 0 aliphatic carbocycles. The number of carbonyl (C=O) groups is 1. The van der Waals surface area contributed by atoms with Gasteiger partial charge in [0, 0.05) is 18.4 Å². The number of carbonyl (C=O) groups excluding carboxylic acids is 1. The highest BCUT2D eigenvalue weighted by molar-refractivity contribution is 5.86. The Labute approximate surface area is 144 Å². The van der Waals surface area contributed by atoms with E-state index >= 15 is 0 Å². The van der Waals surface area contributed by atoms with Gasteiger partial charge in [-0.2, -0.15) is 0 Å². The third-order valence-electron chi connectivity index (χ3n) is 3.61. The normalized spacial score (nSPS) is 15.1. The van der Waals surface area contributed by atoms with Gasteiger partial charge in [-0.3, -0.25) is 4.79 Å². The average Bonchev–Trinajstić information content (AvgIpc) is 2.64. The Bertz CT molecular complexity index is 1190. The first-order chi connectivity index (χ1) is 13.5. The van der Waals surface area contributed by atoms with Crippen LogP contribution in [0.5, 0.6) is 11.5 Å². The molecular formula is C19H16O5. The van der Waals surface area contributed by atoms with E-state index < -0.39 is 65.3 Å². The molecule has 0 saturated heterocycles. The molecule has 2 aromatic carbocycles. The summed E-state index contributed by atoms with van der Waals surface area (Å²) in [4.78, 5) is 24.5. The van der Waals surface area contributed by atoms with Crippen LogP contribution in [0, 0.1) is 0 Å². The molecule has 5 heteroatoms. The Morgan fingerprint density at radius 1 is 1.25 bits per heavy atom. The van der Waals surface area contributed by atoms with Crippen LogP contribution in [0.25, 0.3) is 11.0 Å². The lowest BCUT2D eigenvalue weighted by atomic mass is 9.87. The zero-order valence-electron chi connectivity index (χ0n) is 17.6. The summed E-state index contributed by atoms with van der Waals surface area (Å²) < 4.78 is 44.9. The van der Waals surface area contributed by atoms with Crippen molar-refractivity contribution in [1.82, 2.24) is 0 Å². The van der Waals surface area contributed by atoms with Crippen molar-refractivity contribution in [1.29, 1.82) is 0 Å². The van der Waals surface area contributed by atoms with Crippen LogP contribution in [0.4, 0.5) is 0 Å². The van der Waals surface area contributed by atoms with Gasteiger partial charge in [-0.15, -0.1) is 0 Å². The molecule has 0 saturated carbocycles. The lowest BCUT2D eigenvalue weighted by Gasteiger charge is -2.17. The smallest absolute Gasteiger partial charge is 0.343 e. The van der Waals surface area contributed by atoms with E-state index in [-0.39, 0.29) is 22.3 Å². The van der Waals surface area contributed by atoms with E-state index in [0.29, 0.717) is 0 Å². The molecule has 0 radical (unpaired) electrons. The van der Waals surface area contributed by atoms with Gasteiger partial charge in [0.2, 0.25) is 0 Å². The van der Waals surface area contributed by atoms with Gasteiger partial charge in [0.1, 0.15) is 22.9 Å². The fourth-order valence-corrected chi connectivity index (χ4v) is 2.56. The largest absolute Gasteiger partial charge is 0.508 e. The summed E-state index contributed by atoms with van der Waals surface area (Å²) in [7, 11) is 0. The monoisotopic (exact) mass is 329 g/mol. The minimum atomic E-state index is -1.32. The molecule has 3 aromatic rings. The number of benzene rings is 2. The van der Waals surface area contributed by atoms with Crippen molar-refractivity contribution in [2.45, 2.75) is 19.3 Å². The van der Waals surface area contributed by atoms with Crippen molar-refractivity contribution in [3.05, 3.63) is 70.0 Å². The summed E-state index contributed by atoms with van der Waals surface area (Å²) in [6.07, 6.45) is -0.393. The summed E-state index contributed by atoms with van der Waals surface area (Å²) in [6, 6.07) is 0.683. The van der Waals surface area contributed by atoms with Crippen LogP contribution >= 0.6 is 0 Å². The minimum absolute atomic E-state index is 0.0679. The number of aromatic hydroxyl groups is 2. The van der Waals surface area contributed by atoms with Gasteiger partial charge in [-0.05, 0) is 24.6 Å². The van der Waals surface area contributed by atoms with Crippen LogP contribution < -0.4 is 5.63 Å². The lowest BCUT2D eigenvalue weighted by molar-refractivity contribution is -0.117. The molecule has 5 nitrogen and oxygen atoms in total. The maximum absolute atomic E-state index is 12.6.